The van der Waals surface area contributed by atoms with E-state index in [2.05, 4.69) is 38.4 Å². The standard InChI is InChI=1S/C29H29N7O7S4/c1-29(2,26(41)42)43-34-19(17-13-45-27(30)32-17)22(37)33-20-23(38)36-21(25(39)40)15(10-44-24(20)36)11-46-28-31-16(12-47-28)9-35-8-4-6-14-5-3-7-18(14)35/h4,6,8,12-13,20,24H,3,5,7,9-11H2,1-2H3,(H4-,30,32,33,37,39,40,41,42)/p+1/b34-19-/t20-,24?/m1/s1. The molecular formula is C29H30N7O7S4+. The second kappa shape index (κ2) is 13.2. The molecule has 0 spiro atoms. The highest BCUT2D eigenvalue weighted by Crippen LogP contribution is 2.42. The van der Waals surface area contributed by atoms with Gasteiger partial charge in [0.25, 0.3) is 11.8 Å². The Morgan fingerprint density at radius 3 is 2.77 bits per heavy atom. The fourth-order valence-electron chi connectivity index (χ4n) is 5.31. The number of nitrogen functional groups attached to an aromatic ring is 1. The average molecular weight is 717 g/mol. The first kappa shape index (κ1) is 32.9. The minimum Gasteiger partial charge on any atom is -0.478 e. The lowest BCUT2D eigenvalue weighted by molar-refractivity contribution is -0.695. The highest BCUT2D eigenvalue weighted by molar-refractivity contribution is 8.01. The molecule has 5 N–H and O–H groups in total. The molecule has 1 aliphatic carbocycles. The van der Waals surface area contributed by atoms with E-state index >= 15 is 0 Å². The van der Waals surface area contributed by atoms with Crippen LogP contribution >= 0.6 is 46.2 Å². The molecule has 0 bridgehead atoms. The van der Waals surface area contributed by atoms with Crippen molar-refractivity contribution in [2.24, 2.45) is 5.16 Å². The van der Waals surface area contributed by atoms with E-state index in [0.29, 0.717) is 23.6 Å². The van der Waals surface area contributed by atoms with Gasteiger partial charge >= 0.3 is 11.9 Å². The SMILES string of the molecule is CC(C)(O/N=C(\C(=O)N[C@@H]1C(=O)N2C(C(=O)O)=C(CSc3nc(C[n+]4cccc5c4CCC5)cs3)CSC12)c1csc(N)n1)C(=O)O. The first-order valence-electron chi connectivity index (χ1n) is 14.4. The summed E-state index contributed by atoms with van der Waals surface area (Å²) >= 11 is 5.30. The molecule has 6 rings (SSSR count). The Balaban J connectivity index is 1.13. The van der Waals surface area contributed by atoms with Gasteiger partial charge in [-0.2, -0.15) is 4.57 Å². The van der Waals surface area contributed by atoms with Crippen molar-refractivity contribution in [1.82, 2.24) is 20.2 Å². The van der Waals surface area contributed by atoms with Crippen LogP contribution in [-0.4, -0.2) is 83.1 Å². The normalized spacial score (nSPS) is 19.2. The summed E-state index contributed by atoms with van der Waals surface area (Å²) in [6.45, 7) is 3.18. The molecule has 3 aliphatic rings. The number of nitrogens with zero attached hydrogens (tertiary/aromatic N) is 5. The zero-order valence-corrected chi connectivity index (χ0v) is 28.4. The number of thiazole rings is 2. The minimum absolute atomic E-state index is 0.0353. The van der Waals surface area contributed by atoms with Crippen LogP contribution in [-0.2, 0) is 43.4 Å². The molecular weight excluding hydrogens is 687 g/mol. The number of amides is 2. The summed E-state index contributed by atoms with van der Waals surface area (Å²) in [7, 11) is 0. The van der Waals surface area contributed by atoms with E-state index in [4.69, 9.17) is 15.6 Å². The number of anilines is 1. The van der Waals surface area contributed by atoms with Crippen molar-refractivity contribution in [2.45, 2.75) is 61.0 Å². The first-order valence-corrected chi connectivity index (χ1v) is 18.2. The molecule has 246 valence electrons. The molecule has 5 heterocycles. The largest absolute Gasteiger partial charge is 0.478 e. The van der Waals surface area contributed by atoms with Gasteiger partial charge in [-0.15, -0.1) is 34.4 Å². The maximum atomic E-state index is 13.3. The number of carbonyl (C=O) groups is 4. The molecule has 18 heteroatoms. The molecule has 1 unspecified atom stereocenters. The highest BCUT2D eigenvalue weighted by Gasteiger charge is 2.54. The fraction of sp³-hybridized carbons (Fsp3) is 0.379. The van der Waals surface area contributed by atoms with Crippen molar-refractivity contribution in [3.8, 4) is 0 Å². The van der Waals surface area contributed by atoms with E-state index in [0.717, 1.165) is 40.6 Å². The van der Waals surface area contributed by atoms with Gasteiger partial charge in [0, 0.05) is 40.3 Å². The summed E-state index contributed by atoms with van der Waals surface area (Å²) in [6.07, 6.45) is 5.39. The second-order valence-corrected chi connectivity index (χ2v) is 15.5. The summed E-state index contributed by atoms with van der Waals surface area (Å²) in [6, 6.07) is 3.18. The Kier molecular flexibility index (Phi) is 9.28. The molecule has 3 aromatic heterocycles. The zero-order valence-electron chi connectivity index (χ0n) is 25.2. The van der Waals surface area contributed by atoms with Crippen molar-refractivity contribution in [2.75, 3.05) is 17.2 Å². The van der Waals surface area contributed by atoms with Crippen LogP contribution in [0.25, 0.3) is 0 Å². The van der Waals surface area contributed by atoms with Crippen LogP contribution in [0, 0.1) is 0 Å². The minimum atomic E-state index is -1.76. The van der Waals surface area contributed by atoms with Gasteiger partial charge in [-0.3, -0.25) is 14.5 Å². The molecule has 2 aliphatic heterocycles. The van der Waals surface area contributed by atoms with Crippen LogP contribution in [0.4, 0.5) is 5.13 Å². The Hall–Kier alpha value is -4.00. The number of carboxylic acids is 2. The number of hydrogen-bond donors (Lipinski definition) is 4. The lowest BCUT2D eigenvalue weighted by Crippen LogP contribution is -2.71. The Morgan fingerprint density at radius 2 is 2.04 bits per heavy atom. The van der Waals surface area contributed by atoms with Gasteiger partial charge in [0.05, 0.1) is 0 Å². The second-order valence-electron chi connectivity index (χ2n) is 11.4. The van der Waals surface area contributed by atoms with Gasteiger partial charge < -0.3 is 26.1 Å². The van der Waals surface area contributed by atoms with Crippen molar-refractivity contribution in [3.05, 3.63) is 63.0 Å². The van der Waals surface area contributed by atoms with Gasteiger partial charge in [0.15, 0.2) is 33.6 Å². The van der Waals surface area contributed by atoms with Crippen LogP contribution in [0.3, 0.4) is 0 Å². The number of thioether (sulfide) groups is 2. The molecule has 0 aromatic carbocycles. The predicted octanol–water partition coefficient (Wildman–Crippen LogP) is 2.12. The number of hydrogen-bond acceptors (Lipinski definition) is 13. The Labute approximate surface area is 285 Å². The van der Waals surface area contributed by atoms with E-state index in [9.17, 15) is 29.4 Å². The molecule has 0 radical (unpaired) electrons. The molecule has 14 nitrogen and oxygen atoms in total. The van der Waals surface area contributed by atoms with Crippen LogP contribution in [0.1, 0.15) is 42.9 Å². The number of fused-ring (bicyclic) bond motifs is 2. The van der Waals surface area contributed by atoms with Gasteiger partial charge in [0.2, 0.25) is 5.60 Å². The van der Waals surface area contributed by atoms with Crippen LogP contribution in [0.5, 0.6) is 0 Å². The van der Waals surface area contributed by atoms with Crippen LogP contribution in [0.2, 0.25) is 0 Å². The maximum absolute atomic E-state index is 13.3. The Bertz CT molecular complexity index is 1840. The van der Waals surface area contributed by atoms with Crippen molar-refractivity contribution in [1.29, 1.82) is 0 Å². The number of pyridine rings is 1. The molecule has 2 atom stereocenters. The Morgan fingerprint density at radius 1 is 1.23 bits per heavy atom. The van der Waals surface area contributed by atoms with Crippen molar-refractivity contribution < 1.29 is 38.8 Å². The van der Waals surface area contributed by atoms with E-state index in [1.54, 1.807) is 0 Å². The van der Waals surface area contributed by atoms with E-state index < -0.39 is 40.8 Å². The quantitative estimate of drug-likeness (QED) is 0.0701. The number of carboxylic acid groups (broad SMARTS) is 2. The summed E-state index contributed by atoms with van der Waals surface area (Å²) < 4.78 is 3.05. The maximum Gasteiger partial charge on any atom is 0.352 e. The van der Waals surface area contributed by atoms with E-state index in [1.807, 2.05) is 5.38 Å². The van der Waals surface area contributed by atoms with E-state index in [1.165, 1.54) is 70.2 Å². The predicted molar refractivity (Wildman–Crippen MR) is 176 cm³/mol. The van der Waals surface area contributed by atoms with Gasteiger partial charge in [-0.05, 0) is 38.3 Å². The number of nitrogens with one attached hydrogen (secondary N) is 1. The molecule has 1 saturated heterocycles. The van der Waals surface area contributed by atoms with Crippen LogP contribution in [0.15, 0.2) is 49.9 Å². The van der Waals surface area contributed by atoms with Gasteiger partial charge in [0.1, 0.15) is 28.5 Å². The summed E-state index contributed by atoms with van der Waals surface area (Å²) in [4.78, 5) is 65.6. The molecule has 3 aromatic rings. The third-order valence-electron chi connectivity index (χ3n) is 7.77. The van der Waals surface area contributed by atoms with Crippen molar-refractivity contribution >= 4 is 80.8 Å². The topological polar surface area (TPSA) is 201 Å². The molecule has 47 heavy (non-hydrogen) atoms. The number of rotatable bonds is 12. The number of nitrogens with two attached hydrogens (primary N) is 1. The monoisotopic (exact) mass is 716 g/mol. The number of oxime groups is 1. The number of aromatic nitrogens is 3. The number of β-lactam (4-membered cyclic amide) rings is 1. The summed E-state index contributed by atoms with van der Waals surface area (Å²) in [5, 5.41) is 28.8. The third kappa shape index (κ3) is 6.72. The lowest BCUT2D eigenvalue weighted by Gasteiger charge is -2.49. The van der Waals surface area contributed by atoms with Crippen LogP contribution < -0.4 is 15.6 Å². The summed E-state index contributed by atoms with van der Waals surface area (Å²) in [5.74, 6) is -3.32. The molecule has 0 saturated carbocycles. The van der Waals surface area contributed by atoms with Gasteiger partial charge in [-0.1, -0.05) is 16.9 Å². The molecule has 1 fully saturated rings. The van der Waals surface area contributed by atoms with Gasteiger partial charge in [-0.25, -0.2) is 19.6 Å². The lowest BCUT2D eigenvalue weighted by atomic mass is 10.0. The number of aryl methyl sites for hydroxylation is 1. The van der Waals surface area contributed by atoms with Crippen molar-refractivity contribution in [3.63, 3.8) is 0 Å². The number of carbonyl (C=O) groups excluding carboxylic acids is 2. The zero-order chi connectivity index (χ0) is 33.5. The average Bonchev–Trinajstić information content (AvgIpc) is 3.80. The smallest absolute Gasteiger partial charge is 0.352 e. The third-order valence-corrected chi connectivity index (χ3v) is 11.9. The molecule has 2 amide bonds. The van der Waals surface area contributed by atoms with E-state index in [-0.39, 0.29) is 22.2 Å². The number of aliphatic carboxylic acids is 2. The fourth-order valence-corrected chi connectivity index (χ4v) is 9.18. The highest BCUT2D eigenvalue weighted by atomic mass is 32.2. The summed E-state index contributed by atoms with van der Waals surface area (Å²) in [5.41, 5.74) is 7.77. The first-order chi connectivity index (χ1) is 22.4.